The van der Waals surface area contributed by atoms with Gasteiger partial charge in [-0.15, -0.1) is 0 Å². The Bertz CT molecular complexity index is 2060. The Kier molecular flexibility index (Phi) is 22.2. The van der Waals surface area contributed by atoms with Crippen LogP contribution in [-0.2, 0) is 17.6 Å². The minimum Gasteiger partial charge on any atom is -0.376 e. The number of aryl methyl sites for hydroxylation is 2. The van der Waals surface area contributed by atoms with Gasteiger partial charge in [0.2, 0.25) is 5.92 Å². The summed E-state index contributed by atoms with van der Waals surface area (Å²) in [5.74, 6) is -4.23. The van der Waals surface area contributed by atoms with E-state index in [2.05, 4.69) is 34.6 Å². The SMILES string of the molecule is CC.CC.CCCCCOC(C)(C)C.CCCc1ccc(-n2c(C(CCC)Cc3cc(F)cc(F)c3)nc3nc(C4CCC(F)(F)CC4)cc(C)c3c2=O)c(C)c1C(=N)C(C)C. The van der Waals surface area contributed by atoms with Crippen LogP contribution in [0.25, 0.3) is 16.7 Å². The van der Waals surface area contributed by atoms with Crippen molar-refractivity contribution in [2.45, 2.75) is 197 Å². The number of nitrogens with one attached hydrogen (secondary N) is 1. The molecule has 346 valence electrons. The number of fused-ring (bicyclic) bond motifs is 1. The number of alkyl halides is 2. The fourth-order valence-corrected chi connectivity index (χ4v) is 8.01. The molecule has 10 heteroatoms. The predicted molar refractivity (Wildman–Crippen MR) is 252 cm³/mol. The largest absolute Gasteiger partial charge is 0.376 e. The number of pyridine rings is 1. The third kappa shape index (κ3) is 15.1. The maximum atomic E-state index is 14.8. The molecule has 2 heterocycles. The molecule has 1 aliphatic carbocycles. The van der Waals surface area contributed by atoms with Gasteiger partial charge in [-0.3, -0.25) is 9.36 Å². The highest BCUT2D eigenvalue weighted by Gasteiger charge is 2.36. The van der Waals surface area contributed by atoms with Gasteiger partial charge in [0.1, 0.15) is 17.5 Å². The molecule has 6 nitrogen and oxygen atoms in total. The van der Waals surface area contributed by atoms with E-state index in [4.69, 9.17) is 20.1 Å². The molecule has 1 N–H and O–H groups in total. The average Bonchev–Trinajstić information content (AvgIpc) is 3.20. The molecule has 1 atom stereocenters. The molecule has 0 aliphatic heterocycles. The lowest BCUT2D eigenvalue weighted by Gasteiger charge is -2.28. The van der Waals surface area contributed by atoms with E-state index in [9.17, 15) is 22.4 Å². The molecule has 1 unspecified atom stereocenters. The van der Waals surface area contributed by atoms with Crippen molar-refractivity contribution >= 4 is 16.7 Å². The average molecular weight is 867 g/mol. The molecule has 1 fully saturated rings. The first-order valence-corrected chi connectivity index (χ1v) is 23.4. The van der Waals surface area contributed by atoms with Crippen molar-refractivity contribution in [2.75, 3.05) is 6.61 Å². The summed E-state index contributed by atoms with van der Waals surface area (Å²) in [4.78, 5) is 24.7. The molecular weight excluding hydrogens is 789 g/mol. The van der Waals surface area contributed by atoms with Gasteiger partial charge in [-0.05, 0) is 126 Å². The minimum atomic E-state index is -2.68. The Hall–Kier alpha value is -3.92. The van der Waals surface area contributed by atoms with Gasteiger partial charge in [0, 0.05) is 54.3 Å². The van der Waals surface area contributed by atoms with Crippen LogP contribution in [-0.4, -0.2) is 38.4 Å². The maximum Gasteiger partial charge on any atom is 0.267 e. The molecule has 0 saturated heterocycles. The van der Waals surface area contributed by atoms with Crippen LogP contribution in [0, 0.1) is 36.8 Å². The molecule has 62 heavy (non-hydrogen) atoms. The lowest BCUT2D eigenvalue weighted by atomic mass is 9.84. The van der Waals surface area contributed by atoms with Crippen molar-refractivity contribution in [3.05, 3.63) is 97.7 Å². The molecule has 5 rings (SSSR count). The summed E-state index contributed by atoms with van der Waals surface area (Å²) in [7, 11) is 0. The van der Waals surface area contributed by atoms with Crippen LogP contribution in [0.15, 0.2) is 41.2 Å². The highest BCUT2D eigenvalue weighted by atomic mass is 19.3. The highest BCUT2D eigenvalue weighted by molar-refractivity contribution is 6.02. The summed E-state index contributed by atoms with van der Waals surface area (Å²) in [6, 6.07) is 9.19. The third-order valence-corrected chi connectivity index (χ3v) is 11.0. The van der Waals surface area contributed by atoms with E-state index in [1.165, 1.54) is 31.4 Å². The number of nitrogens with zero attached hydrogens (tertiary/aromatic N) is 3. The van der Waals surface area contributed by atoms with Crippen molar-refractivity contribution in [2.24, 2.45) is 5.92 Å². The number of aromatic nitrogens is 3. The van der Waals surface area contributed by atoms with Crippen LogP contribution in [0.4, 0.5) is 17.6 Å². The second kappa shape index (κ2) is 25.4. The first-order chi connectivity index (χ1) is 29.3. The first-order valence-electron chi connectivity index (χ1n) is 23.4. The molecule has 1 saturated carbocycles. The number of hydrogen-bond donors (Lipinski definition) is 1. The van der Waals surface area contributed by atoms with E-state index in [1.54, 1.807) is 4.57 Å². The van der Waals surface area contributed by atoms with E-state index in [0.717, 1.165) is 48.6 Å². The van der Waals surface area contributed by atoms with E-state index in [-0.39, 0.29) is 47.9 Å². The molecular formula is C52H78F4N4O2. The summed E-state index contributed by atoms with van der Waals surface area (Å²) < 4.78 is 63.9. The van der Waals surface area contributed by atoms with E-state index in [0.29, 0.717) is 58.7 Å². The van der Waals surface area contributed by atoms with Gasteiger partial charge >= 0.3 is 0 Å². The standard InChI is InChI=1S/C39H46F4N4O.C9H20O.2C2H6/c1-7-9-27-11-12-32(24(6)34(27)35(44)22(3)4)47-37(28(10-8-2)18-25-19-29(40)21-30(41)20-25)46-36-33(38(47)48)23(5)17-31(45-36)26-13-15-39(42,43)16-14-26;1-5-6-7-8-10-9(2,3)4;2*1-2/h11-12,17,19-22,26,28,44H,7-10,13-16,18H2,1-6H3;5-8H2,1-4H3;2*1-2H3. The molecule has 1 aliphatic rings. The Balaban J connectivity index is 0.000000823. The molecule has 0 bridgehead atoms. The minimum absolute atomic E-state index is 0.0409. The van der Waals surface area contributed by atoms with Crippen LogP contribution < -0.4 is 5.56 Å². The summed E-state index contributed by atoms with van der Waals surface area (Å²) in [6.45, 7) is 29.2. The molecule has 4 aromatic rings. The van der Waals surface area contributed by atoms with E-state index in [1.807, 2.05) is 80.5 Å². The maximum absolute atomic E-state index is 14.8. The first kappa shape index (κ1) is 54.2. The second-order valence-electron chi connectivity index (χ2n) is 17.5. The summed E-state index contributed by atoms with van der Waals surface area (Å²) >= 11 is 0. The lowest BCUT2D eigenvalue weighted by Crippen LogP contribution is -2.29. The van der Waals surface area contributed by atoms with E-state index >= 15 is 0 Å². The molecule has 2 aromatic carbocycles. The topological polar surface area (TPSA) is 80.9 Å². The number of ether oxygens (including phenoxy) is 1. The van der Waals surface area contributed by atoms with Gasteiger partial charge in [-0.2, -0.15) is 0 Å². The van der Waals surface area contributed by atoms with Gasteiger partial charge in [-0.1, -0.05) is 94.1 Å². The predicted octanol–water partition coefficient (Wildman–Crippen LogP) is 15.1. The monoisotopic (exact) mass is 867 g/mol. The third-order valence-electron chi connectivity index (χ3n) is 11.0. The zero-order valence-electron chi connectivity index (χ0n) is 40.6. The van der Waals surface area contributed by atoms with Crippen molar-refractivity contribution < 1.29 is 22.3 Å². The Morgan fingerprint density at radius 1 is 0.903 bits per heavy atom. The normalized spacial score (nSPS) is 14.3. The Labute approximate surface area is 371 Å². The number of benzene rings is 2. The van der Waals surface area contributed by atoms with Crippen LogP contribution in [0.3, 0.4) is 0 Å². The van der Waals surface area contributed by atoms with Crippen molar-refractivity contribution in [3.8, 4) is 5.69 Å². The molecule has 2 aromatic heterocycles. The van der Waals surface area contributed by atoms with Crippen LogP contribution >= 0.6 is 0 Å². The fourth-order valence-electron chi connectivity index (χ4n) is 8.01. The van der Waals surface area contributed by atoms with E-state index < -0.39 is 23.5 Å². The van der Waals surface area contributed by atoms with Crippen LogP contribution in [0.2, 0.25) is 0 Å². The summed E-state index contributed by atoms with van der Waals surface area (Å²) in [5.41, 5.74) is 5.50. The van der Waals surface area contributed by atoms with Gasteiger partial charge < -0.3 is 10.1 Å². The Morgan fingerprint density at radius 3 is 2.05 bits per heavy atom. The van der Waals surface area contributed by atoms with Gasteiger partial charge in [-0.25, -0.2) is 27.5 Å². The molecule has 0 radical (unpaired) electrons. The van der Waals surface area contributed by atoms with Crippen molar-refractivity contribution in [3.63, 3.8) is 0 Å². The van der Waals surface area contributed by atoms with Crippen molar-refractivity contribution in [1.82, 2.24) is 14.5 Å². The van der Waals surface area contributed by atoms with Crippen LogP contribution in [0.5, 0.6) is 0 Å². The number of rotatable bonds is 15. The quantitative estimate of drug-likeness (QED) is 0.0733. The zero-order valence-corrected chi connectivity index (χ0v) is 40.6. The van der Waals surface area contributed by atoms with Crippen molar-refractivity contribution in [1.29, 1.82) is 5.41 Å². The second-order valence-corrected chi connectivity index (χ2v) is 17.5. The smallest absolute Gasteiger partial charge is 0.267 e. The Morgan fingerprint density at radius 2 is 1.52 bits per heavy atom. The number of hydrogen-bond acceptors (Lipinski definition) is 5. The van der Waals surface area contributed by atoms with Gasteiger partial charge in [0.15, 0.2) is 5.65 Å². The zero-order chi connectivity index (χ0) is 46.9. The number of halogens is 4. The lowest BCUT2D eigenvalue weighted by molar-refractivity contribution is -0.0384. The van der Waals surface area contributed by atoms with Gasteiger partial charge in [0.25, 0.3) is 5.56 Å². The van der Waals surface area contributed by atoms with Gasteiger partial charge in [0.05, 0.1) is 16.7 Å². The summed E-state index contributed by atoms with van der Waals surface area (Å²) in [5, 5.41) is 9.37. The fraction of sp³-hybridized carbons (Fsp3) is 0.615. The number of unbranched alkanes of at least 4 members (excludes halogenated alkanes) is 2. The van der Waals surface area contributed by atoms with Crippen LogP contribution in [0.1, 0.15) is 198 Å². The molecule has 0 spiro atoms. The molecule has 0 amide bonds. The highest BCUT2D eigenvalue weighted by Crippen LogP contribution is 2.41. The summed E-state index contributed by atoms with van der Waals surface area (Å²) in [6.07, 6.45) is 7.15.